The summed E-state index contributed by atoms with van der Waals surface area (Å²) >= 11 is 0. The molecule has 0 aromatic heterocycles. The highest BCUT2D eigenvalue weighted by Crippen LogP contribution is 2.12. The van der Waals surface area contributed by atoms with Crippen LogP contribution in [0.2, 0.25) is 0 Å². The molecule has 0 aliphatic carbocycles. The van der Waals surface area contributed by atoms with Gasteiger partial charge in [0.05, 0.1) is 13.2 Å². The van der Waals surface area contributed by atoms with Crippen LogP contribution in [-0.4, -0.2) is 25.2 Å². The minimum Gasteiger partial charge on any atom is -0.466 e. The molecule has 0 unspecified atom stereocenters. The van der Waals surface area contributed by atoms with Gasteiger partial charge < -0.3 is 9.47 Å². The summed E-state index contributed by atoms with van der Waals surface area (Å²) in [7, 11) is 0. The second-order valence-corrected chi connectivity index (χ2v) is 10.0. The third-order valence-electron chi connectivity index (χ3n) is 6.46. The average molecular weight is 495 g/mol. The summed E-state index contributed by atoms with van der Waals surface area (Å²) in [5.41, 5.74) is 0. The maximum atomic E-state index is 11.8. The molecule has 4 nitrogen and oxygen atoms in total. The van der Waals surface area contributed by atoms with Gasteiger partial charge in [-0.2, -0.15) is 0 Å². The number of carbonyl (C=O) groups excluding carboxylic acids is 2. The highest BCUT2D eigenvalue weighted by atomic mass is 16.5. The molecule has 0 N–H and O–H groups in total. The quantitative estimate of drug-likeness (QED) is 0.0648. The number of unbranched alkanes of at least 4 members (excludes halogenated alkanes) is 17. The summed E-state index contributed by atoms with van der Waals surface area (Å²) in [4.78, 5) is 23.6. The summed E-state index contributed by atoms with van der Waals surface area (Å²) < 4.78 is 10.6. The minimum absolute atomic E-state index is 0.0422. The molecule has 0 radical (unpaired) electrons. The molecule has 0 rings (SSSR count). The second kappa shape index (κ2) is 28.9. The van der Waals surface area contributed by atoms with E-state index < -0.39 is 0 Å². The minimum atomic E-state index is -0.0745. The Labute approximate surface area is 218 Å². The van der Waals surface area contributed by atoms with Crippen molar-refractivity contribution < 1.29 is 19.1 Å². The summed E-state index contributed by atoms with van der Waals surface area (Å²) in [5, 5.41) is 0. The van der Waals surface area contributed by atoms with Gasteiger partial charge in [0.2, 0.25) is 0 Å². The van der Waals surface area contributed by atoms with Crippen LogP contribution in [-0.2, 0) is 19.1 Å². The maximum Gasteiger partial charge on any atom is 0.305 e. The number of hydrogen-bond donors (Lipinski definition) is 0. The highest BCUT2D eigenvalue weighted by Gasteiger charge is 2.04. The van der Waals surface area contributed by atoms with Crippen LogP contribution in [0.5, 0.6) is 0 Å². The molecule has 35 heavy (non-hydrogen) atoms. The van der Waals surface area contributed by atoms with Gasteiger partial charge in [0, 0.05) is 12.8 Å². The van der Waals surface area contributed by atoms with Crippen molar-refractivity contribution in [3.8, 4) is 0 Å². The van der Waals surface area contributed by atoms with E-state index in [2.05, 4.69) is 26.0 Å². The fourth-order valence-corrected chi connectivity index (χ4v) is 4.15. The van der Waals surface area contributed by atoms with Crippen LogP contribution in [0.3, 0.4) is 0 Å². The third kappa shape index (κ3) is 28.8. The summed E-state index contributed by atoms with van der Waals surface area (Å²) in [5.74, 6) is -0.117. The fourth-order valence-electron chi connectivity index (χ4n) is 4.15. The van der Waals surface area contributed by atoms with E-state index in [-0.39, 0.29) is 11.9 Å². The zero-order chi connectivity index (χ0) is 25.7. The van der Waals surface area contributed by atoms with Crippen LogP contribution in [0.25, 0.3) is 0 Å². The van der Waals surface area contributed by atoms with Gasteiger partial charge in [-0.05, 0) is 38.5 Å². The number of hydrogen-bond acceptors (Lipinski definition) is 4. The molecule has 0 aliphatic rings. The van der Waals surface area contributed by atoms with Crippen LogP contribution in [0.1, 0.15) is 162 Å². The lowest BCUT2D eigenvalue weighted by molar-refractivity contribution is -0.144. The van der Waals surface area contributed by atoms with Crippen molar-refractivity contribution in [2.45, 2.75) is 162 Å². The third-order valence-corrected chi connectivity index (χ3v) is 6.46. The van der Waals surface area contributed by atoms with E-state index in [9.17, 15) is 9.59 Å². The predicted octanol–water partition coefficient (Wildman–Crippen LogP) is 9.64. The van der Waals surface area contributed by atoms with Crippen LogP contribution < -0.4 is 0 Å². The van der Waals surface area contributed by atoms with E-state index in [0.717, 1.165) is 57.8 Å². The van der Waals surface area contributed by atoms with Crippen molar-refractivity contribution in [1.29, 1.82) is 0 Å². The smallest absolute Gasteiger partial charge is 0.305 e. The van der Waals surface area contributed by atoms with Gasteiger partial charge in [-0.3, -0.25) is 9.59 Å². The molecule has 0 fully saturated rings. The molecule has 0 saturated heterocycles. The highest BCUT2D eigenvalue weighted by molar-refractivity contribution is 5.69. The molecule has 206 valence electrons. The monoisotopic (exact) mass is 494 g/mol. The molecule has 0 aliphatic heterocycles. The Morgan fingerprint density at radius 2 is 0.857 bits per heavy atom. The predicted molar refractivity (Wildman–Crippen MR) is 149 cm³/mol. The van der Waals surface area contributed by atoms with E-state index in [1.165, 1.54) is 77.0 Å². The molecule has 0 bridgehead atoms. The molecular formula is C31H58O4. The average Bonchev–Trinajstić information content (AvgIpc) is 2.85. The van der Waals surface area contributed by atoms with Gasteiger partial charge in [0.15, 0.2) is 0 Å². The van der Waals surface area contributed by atoms with E-state index in [1.54, 1.807) is 0 Å². The molecule has 0 spiro atoms. The van der Waals surface area contributed by atoms with Crippen molar-refractivity contribution in [3.05, 3.63) is 12.2 Å². The molecule has 0 amide bonds. The summed E-state index contributed by atoms with van der Waals surface area (Å²) in [6.45, 7) is 5.55. The van der Waals surface area contributed by atoms with Crippen LogP contribution in [0.15, 0.2) is 12.2 Å². The topological polar surface area (TPSA) is 52.6 Å². The Morgan fingerprint density at radius 3 is 1.40 bits per heavy atom. The van der Waals surface area contributed by atoms with Crippen molar-refractivity contribution in [1.82, 2.24) is 0 Å². The first-order valence-electron chi connectivity index (χ1n) is 15.2. The molecule has 0 aromatic rings. The molecule has 4 heteroatoms. The molecule has 0 atom stereocenters. The van der Waals surface area contributed by atoms with Crippen LogP contribution in [0, 0.1) is 0 Å². The van der Waals surface area contributed by atoms with E-state index >= 15 is 0 Å². The van der Waals surface area contributed by atoms with Crippen molar-refractivity contribution in [3.63, 3.8) is 0 Å². The zero-order valence-electron chi connectivity index (χ0n) is 23.5. The summed E-state index contributed by atoms with van der Waals surface area (Å²) in [6, 6.07) is 0. The molecule has 0 aromatic carbocycles. The first kappa shape index (κ1) is 33.7. The number of allylic oxidation sites excluding steroid dienone is 1. The maximum absolute atomic E-state index is 11.8. The van der Waals surface area contributed by atoms with Crippen molar-refractivity contribution in [2.75, 3.05) is 13.2 Å². The van der Waals surface area contributed by atoms with Gasteiger partial charge in [0.25, 0.3) is 0 Å². The van der Waals surface area contributed by atoms with Crippen molar-refractivity contribution in [2.24, 2.45) is 0 Å². The van der Waals surface area contributed by atoms with Gasteiger partial charge in [-0.25, -0.2) is 0 Å². The lowest BCUT2D eigenvalue weighted by Crippen LogP contribution is -2.05. The number of ether oxygens (including phenoxy) is 2. The van der Waals surface area contributed by atoms with E-state index in [4.69, 9.17) is 9.47 Å². The van der Waals surface area contributed by atoms with Gasteiger partial charge >= 0.3 is 11.9 Å². The van der Waals surface area contributed by atoms with Crippen molar-refractivity contribution >= 4 is 11.9 Å². The fraction of sp³-hybridized carbons (Fsp3) is 0.871. The number of carbonyl (C=O) groups is 2. The molecule has 0 saturated carbocycles. The standard InChI is InChI=1S/C31H58O4/c1-3-5-7-9-11-12-13-17-21-25-29-35-31(33)27-23-19-15-14-18-22-26-30(32)34-28-24-20-16-10-8-6-4-2/h16,20H,3-15,17-19,21-29H2,1-2H3/b20-16-. The van der Waals surface area contributed by atoms with Gasteiger partial charge in [0.1, 0.15) is 0 Å². The second-order valence-electron chi connectivity index (χ2n) is 10.0. The van der Waals surface area contributed by atoms with Gasteiger partial charge in [-0.1, -0.05) is 122 Å². The zero-order valence-corrected chi connectivity index (χ0v) is 23.5. The molecule has 0 heterocycles. The Bertz CT molecular complexity index is 486. The van der Waals surface area contributed by atoms with Crippen LogP contribution in [0.4, 0.5) is 0 Å². The first-order valence-corrected chi connectivity index (χ1v) is 15.2. The largest absolute Gasteiger partial charge is 0.466 e. The van der Waals surface area contributed by atoms with E-state index in [0.29, 0.717) is 26.1 Å². The Kier molecular flexibility index (Phi) is 27.8. The SMILES string of the molecule is CCCCC/C=C\CCOC(=O)CCCCCCCCC(=O)OCCCCCCCCCCCC. The molecular weight excluding hydrogens is 436 g/mol. The lowest BCUT2D eigenvalue weighted by Gasteiger charge is -2.06. The Hall–Kier alpha value is -1.32. The number of esters is 2. The Morgan fingerprint density at radius 1 is 0.457 bits per heavy atom. The Balaban J connectivity index is 3.29. The van der Waals surface area contributed by atoms with E-state index in [1.807, 2.05) is 0 Å². The normalized spacial score (nSPS) is 11.3. The van der Waals surface area contributed by atoms with Gasteiger partial charge in [-0.15, -0.1) is 0 Å². The summed E-state index contributed by atoms with van der Waals surface area (Å²) in [6.07, 6.45) is 30.2. The van der Waals surface area contributed by atoms with Crippen LogP contribution >= 0.6 is 0 Å². The lowest BCUT2D eigenvalue weighted by atomic mass is 10.1. The number of rotatable bonds is 27. The first-order chi connectivity index (χ1) is 17.2.